The number of amides is 1. The van der Waals surface area contributed by atoms with Crippen molar-refractivity contribution in [2.45, 2.75) is 32.5 Å². The Balaban J connectivity index is 1.36. The number of fused-ring (bicyclic) bond motifs is 2. The lowest BCUT2D eigenvalue weighted by Gasteiger charge is -2.29. The molecule has 2 unspecified atom stereocenters. The minimum absolute atomic E-state index is 0.0568. The van der Waals surface area contributed by atoms with Crippen molar-refractivity contribution in [3.05, 3.63) is 69.3 Å². The lowest BCUT2D eigenvalue weighted by molar-refractivity contribution is -0.141. The molecular formula is C25H21F4N5O2S. The summed E-state index contributed by atoms with van der Waals surface area (Å²) in [5, 5.41) is 4.09. The maximum atomic E-state index is 14.5. The molecular weight excluding hydrogens is 510 g/mol. The molecule has 2 N–H and O–H groups in total. The van der Waals surface area contributed by atoms with Crippen LogP contribution in [0.1, 0.15) is 17.4 Å². The van der Waals surface area contributed by atoms with Gasteiger partial charge in [0.05, 0.1) is 17.0 Å². The molecule has 1 aliphatic rings. The molecule has 0 radical (unpaired) electrons. The van der Waals surface area contributed by atoms with Gasteiger partial charge in [-0.1, -0.05) is 6.92 Å². The molecule has 1 amide bonds. The van der Waals surface area contributed by atoms with Crippen molar-refractivity contribution in [3.8, 4) is 10.7 Å². The van der Waals surface area contributed by atoms with Gasteiger partial charge < -0.3 is 15.2 Å². The van der Waals surface area contributed by atoms with Crippen molar-refractivity contribution in [1.82, 2.24) is 19.9 Å². The molecule has 0 spiro atoms. The number of anilines is 2. The van der Waals surface area contributed by atoms with E-state index in [0.29, 0.717) is 27.8 Å². The summed E-state index contributed by atoms with van der Waals surface area (Å²) < 4.78 is 54.5. The molecule has 5 rings (SSSR count). The fourth-order valence-electron chi connectivity index (χ4n) is 4.14. The van der Waals surface area contributed by atoms with Crippen LogP contribution >= 0.6 is 11.3 Å². The van der Waals surface area contributed by atoms with Gasteiger partial charge >= 0.3 is 0 Å². The van der Waals surface area contributed by atoms with Crippen molar-refractivity contribution in [3.63, 3.8) is 0 Å². The van der Waals surface area contributed by atoms with Crippen molar-refractivity contribution < 1.29 is 22.4 Å². The zero-order valence-corrected chi connectivity index (χ0v) is 20.3. The number of aromatic amines is 1. The van der Waals surface area contributed by atoms with E-state index in [4.69, 9.17) is 0 Å². The van der Waals surface area contributed by atoms with E-state index in [2.05, 4.69) is 20.3 Å². The molecule has 0 fully saturated rings. The number of rotatable bonds is 6. The Hall–Kier alpha value is -3.80. The maximum absolute atomic E-state index is 14.5. The minimum Gasteiger partial charge on any atom is -0.338 e. The van der Waals surface area contributed by atoms with Crippen LogP contribution in [0.3, 0.4) is 0 Å². The maximum Gasteiger partial charge on any atom is 0.257 e. The normalized spacial score (nSPS) is 15.0. The van der Waals surface area contributed by atoms with Gasteiger partial charge in [-0.15, -0.1) is 11.3 Å². The first-order chi connectivity index (χ1) is 17.7. The standard InChI is InChI=1S/C25H21F4N5O2S/c1-12(21(28)29)20(27)25(36)34-7-5-18-14(11-34)9-19(37-18)23-31-10-17(26)22(33-23)32-15-2-3-16-13(8-15)4-6-30-24(16)35/h2-4,6,8-10,12,20-21H,5,7,11H2,1H3,(H,30,35)(H,31,32,33). The Bertz CT molecular complexity index is 1540. The Labute approximate surface area is 212 Å². The van der Waals surface area contributed by atoms with E-state index in [1.807, 2.05) is 0 Å². The van der Waals surface area contributed by atoms with Gasteiger partial charge in [0.2, 0.25) is 6.43 Å². The van der Waals surface area contributed by atoms with Gasteiger partial charge in [-0.2, -0.15) is 0 Å². The monoisotopic (exact) mass is 531 g/mol. The highest BCUT2D eigenvalue weighted by Crippen LogP contribution is 2.35. The molecule has 2 atom stereocenters. The molecule has 4 aromatic rings. The van der Waals surface area contributed by atoms with Gasteiger partial charge in [-0.3, -0.25) is 9.59 Å². The zero-order valence-electron chi connectivity index (χ0n) is 19.5. The average Bonchev–Trinajstić information content (AvgIpc) is 3.32. The van der Waals surface area contributed by atoms with E-state index >= 15 is 0 Å². The number of alkyl halides is 3. The molecule has 3 aromatic heterocycles. The summed E-state index contributed by atoms with van der Waals surface area (Å²) >= 11 is 1.38. The second-order valence-electron chi connectivity index (χ2n) is 8.79. The molecule has 37 heavy (non-hydrogen) atoms. The number of halogens is 4. The first-order valence-corrected chi connectivity index (χ1v) is 12.3. The molecule has 7 nitrogen and oxygen atoms in total. The Morgan fingerprint density at radius 1 is 1.22 bits per heavy atom. The third kappa shape index (κ3) is 4.93. The van der Waals surface area contributed by atoms with Crippen LogP contribution < -0.4 is 10.9 Å². The van der Waals surface area contributed by atoms with Crippen molar-refractivity contribution in [1.29, 1.82) is 0 Å². The lowest BCUT2D eigenvalue weighted by atomic mass is 10.0. The van der Waals surface area contributed by atoms with Crippen molar-refractivity contribution in [2.24, 2.45) is 5.92 Å². The van der Waals surface area contributed by atoms with Crippen LogP contribution in [0, 0.1) is 11.7 Å². The summed E-state index contributed by atoms with van der Waals surface area (Å²) in [7, 11) is 0. The molecule has 192 valence electrons. The van der Waals surface area contributed by atoms with E-state index in [-0.39, 0.29) is 30.3 Å². The van der Waals surface area contributed by atoms with Crippen LogP contribution in [0.5, 0.6) is 0 Å². The summed E-state index contributed by atoms with van der Waals surface area (Å²) in [5.41, 5.74) is 1.05. The number of aromatic nitrogens is 3. The zero-order chi connectivity index (χ0) is 26.3. The van der Waals surface area contributed by atoms with Crippen LogP contribution in [0.2, 0.25) is 0 Å². The quantitative estimate of drug-likeness (QED) is 0.340. The number of carbonyl (C=O) groups is 1. The molecule has 12 heteroatoms. The largest absolute Gasteiger partial charge is 0.338 e. The Morgan fingerprint density at radius 2 is 2.03 bits per heavy atom. The van der Waals surface area contributed by atoms with Crippen LogP contribution in [0.25, 0.3) is 21.5 Å². The Morgan fingerprint density at radius 3 is 2.81 bits per heavy atom. The van der Waals surface area contributed by atoms with Crippen molar-refractivity contribution in [2.75, 3.05) is 11.9 Å². The Kier molecular flexibility index (Phi) is 6.67. The average molecular weight is 532 g/mol. The van der Waals surface area contributed by atoms with Gasteiger partial charge in [-0.25, -0.2) is 27.5 Å². The number of H-pyrrole nitrogens is 1. The third-order valence-corrected chi connectivity index (χ3v) is 7.51. The second kappa shape index (κ2) is 9.92. The number of thiophene rings is 1. The summed E-state index contributed by atoms with van der Waals surface area (Å²) in [4.78, 5) is 38.2. The fourth-order valence-corrected chi connectivity index (χ4v) is 5.24. The van der Waals surface area contributed by atoms with E-state index in [9.17, 15) is 27.2 Å². The van der Waals surface area contributed by atoms with Gasteiger partial charge in [0.1, 0.15) is 0 Å². The first kappa shape index (κ1) is 24.9. The van der Waals surface area contributed by atoms with E-state index in [0.717, 1.165) is 23.6 Å². The SMILES string of the molecule is CC(C(F)F)C(F)C(=O)N1CCc2sc(-c3ncc(F)c(Nc4ccc5c(=O)[nH]ccc5c4)n3)cc2C1. The predicted molar refractivity (Wildman–Crippen MR) is 132 cm³/mol. The number of carbonyl (C=O) groups excluding carboxylic acids is 1. The molecule has 0 aliphatic carbocycles. The highest BCUT2D eigenvalue weighted by Gasteiger charge is 2.35. The summed E-state index contributed by atoms with van der Waals surface area (Å²) in [6.45, 7) is 1.31. The summed E-state index contributed by atoms with van der Waals surface area (Å²) in [6.07, 6.45) is -2.20. The minimum atomic E-state index is -2.93. The van der Waals surface area contributed by atoms with Crippen LogP contribution in [0.15, 0.2) is 47.5 Å². The molecule has 0 saturated heterocycles. The number of nitrogens with one attached hydrogen (secondary N) is 2. The van der Waals surface area contributed by atoms with Gasteiger partial charge in [-0.05, 0) is 47.7 Å². The number of hydrogen-bond acceptors (Lipinski definition) is 6. The van der Waals surface area contributed by atoms with Crippen molar-refractivity contribution >= 4 is 39.5 Å². The van der Waals surface area contributed by atoms with Gasteiger partial charge in [0.25, 0.3) is 11.5 Å². The fraction of sp³-hybridized carbons (Fsp3) is 0.280. The first-order valence-electron chi connectivity index (χ1n) is 11.4. The number of pyridine rings is 1. The van der Waals surface area contributed by atoms with Crippen LogP contribution in [0.4, 0.5) is 29.1 Å². The third-order valence-electron chi connectivity index (χ3n) is 6.27. The summed E-state index contributed by atoms with van der Waals surface area (Å²) in [5.74, 6) is -3.11. The topological polar surface area (TPSA) is 91.0 Å². The number of benzene rings is 1. The highest BCUT2D eigenvalue weighted by molar-refractivity contribution is 7.15. The molecule has 0 saturated carbocycles. The van der Waals surface area contributed by atoms with E-state index in [1.54, 1.807) is 30.3 Å². The number of hydrogen-bond donors (Lipinski definition) is 2. The lowest BCUT2D eigenvalue weighted by Crippen LogP contribution is -2.43. The molecule has 4 heterocycles. The molecule has 1 aliphatic heterocycles. The van der Waals surface area contributed by atoms with Crippen LogP contribution in [-0.2, 0) is 17.8 Å². The second-order valence-corrected chi connectivity index (χ2v) is 9.92. The summed E-state index contributed by atoms with van der Waals surface area (Å²) in [6, 6.07) is 8.45. The number of nitrogens with zero attached hydrogens (tertiary/aromatic N) is 3. The van der Waals surface area contributed by atoms with E-state index < -0.39 is 30.2 Å². The molecule has 1 aromatic carbocycles. The predicted octanol–water partition coefficient (Wildman–Crippen LogP) is 5.05. The van der Waals surface area contributed by atoms with Crippen LogP contribution in [-0.4, -0.2) is 44.9 Å². The highest BCUT2D eigenvalue weighted by atomic mass is 32.1. The van der Waals surface area contributed by atoms with E-state index in [1.165, 1.54) is 22.4 Å². The van der Waals surface area contributed by atoms with Gasteiger partial charge in [0, 0.05) is 35.2 Å². The molecule has 0 bridgehead atoms. The van der Waals surface area contributed by atoms with Gasteiger partial charge in [0.15, 0.2) is 23.6 Å². The smallest absolute Gasteiger partial charge is 0.257 e.